The van der Waals surface area contributed by atoms with Crippen LogP contribution in [-0.2, 0) is 14.8 Å². The molecule has 0 saturated carbocycles. The van der Waals surface area contributed by atoms with Crippen LogP contribution in [0.1, 0.15) is 6.92 Å². The summed E-state index contributed by atoms with van der Waals surface area (Å²) in [6.07, 6.45) is 0. The Morgan fingerprint density at radius 3 is 2.27 bits per heavy atom. The Kier molecular flexibility index (Phi) is 6.22. The number of hydrogen-bond donors (Lipinski definition) is 1. The first kappa shape index (κ1) is 21.5. The highest BCUT2D eigenvalue weighted by molar-refractivity contribution is 7.89. The number of anilines is 2. The SMILES string of the molecule is COc1ccc(N2CCN(S(=O)(=O)c3ccc(NC(C)=O)cc3)CC2)c([N+](=O)[O-])c1. The average molecular weight is 434 g/mol. The molecule has 0 atom stereocenters. The van der Waals surface area contributed by atoms with Crippen molar-refractivity contribution in [1.29, 1.82) is 0 Å². The molecular weight excluding hydrogens is 412 g/mol. The summed E-state index contributed by atoms with van der Waals surface area (Å²) >= 11 is 0. The smallest absolute Gasteiger partial charge is 0.296 e. The molecule has 3 rings (SSSR count). The summed E-state index contributed by atoms with van der Waals surface area (Å²) < 4.78 is 32.2. The van der Waals surface area contributed by atoms with Gasteiger partial charge in [0.2, 0.25) is 15.9 Å². The first-order chi connectivity index (χ1) is 14.2. The summed E-state index contributed by atoms with van der Waals surface area (Å²) in [5, 5.41) is 14.0. The van der Waals surface area contributed by atoms with Gasteiger partial charge in [-0.05, 0) is 36.4 Å². The van der Waals surface area contributed by atoms with Gasteiger partial charge < -0.3 is 15.0 Å². The Balaban J connectivity index is 1.73. The fraction of sp³-hybridized carbons (Fsp3) is 0.316. The van der Waals surface area contributed by atoms with Crippen molar-refractivity contribution in [3.05, 3.63) is 52.6 Å². The molecule has 1 saturated heterocycles. The highest BCUT2D eigenvalue weighted by Crippen LogP contribution is 2.33. The van der Waals surface area contributed by atoms with E-state index in [1.807, 2.05) is 0 Å². The number of ether oxygens (including phenoxy) is 1. The fourth-order valence-corrected chi connectivity index (χ4v) is 4.70. The maximum Gasteiger partial charge on any atom is 0.296 e. The first-order valence-electron chi connectivity index (χ1n) is 9.17. The summed E-state index contributed by atoms with van der Waals surface area (Å²) in [4.78, 5) is 24.0. The second kappa shape index (κ2) is 8.67. The zero-order chi connectivity index (χ0) is 21.9. The van der Waals surface area contributed by atoms with Crippen LogP contribution in [0.15, 0.2) is 47.4 Å². The maximum absolute atomic E-state index is 12.9. The van der Waals surface area contributed by atoms with Gasteiger partial charge >= 0.3 is 0 Å². The number of carbonyl (C=O) groups is 1. The second-order valence-electron chi connectivity index (χ2n) is 6.71. The van der Waals surface area contributed by atoms with E-state index in [1.165, 1.54) is 48.7 Å². The van der Waals surface area contributed by atoms with Crippen LogP contribution < -0.4 is 15.0 Å². The Morgan fingerprint density at radius 2 is 1.73 bits per heavy atom. The summed E-state index contributed by atoms with van der Waals surface area (Å²) in [7, 11) is -2.27. The van der Waals surface area contributed by atoms with Gasteiger partial charge in [-0.3, -0.25) is 14.9 Å². The van der Waals surface area contributed by atoms with Crippen molar-refractivity contribution >= 4 is 33.0 Å². The Hall–Kier alpha value is -3.18. The van der Waals surface area contributed by atoms with Gasteiger partial charge in [-0.2, -0.15) is 4.31 Å². The van der Waals surface area contributed by atoms with E-state index in [-0.39, 0.29) is 29.6 Å². The first-order valence-corrected chi connectivity index (χ1v) is 10.6. The summed E-state index contributed by atoms with van der Waals surface area (Å²) in [5.74, 6) is 0.142. The number of amides is 1. The van der Waals surface area contributed by atoms with Crippen molar-refractivity contribution in [2.24, 2.45) is 0 Å². The van der Waals surface area contributed by atoms with E-state index in [2.05, 4.69) is 5.32 Å². The number of hydrogen-bond acceptors (Lipinski definition) is 7. The number of nitrogens with zero attached hydrogens (tertiary/aromatic N) is 3. The predicted octanol–water partition coefficient (Wildman–Crippen LogP) is 2.07. The van der Waals surface area contributed by atoms with Crippen LogP contribution in [0.5, 0.6) is 5.75 Å². The molecule has 1 N–H and O–H groups in total. The van der Waals surface area contributed by atoms with Gasteiger partial charge in [0, 0.05) is 38.8 Å². The number of nitro benzene ring substituents is 1. The molecule has 1 fully saturated rings. The normalized spacial score (nSPS) is 14.9. The highest BCUT2D eigenvalue weighted by atomic mass is 32.2. The molecule has 2 aromatic carbocycles. The van der Waals surface area contributed by atoms with Crippen molar-refractivity contribution in [2.75, 3.05) is 43.5 Å². The van der Waals surface area contributed by atoms with E-state index >= 15 is 0 Å². The molecule has 11 heteroatoms. The van der Waals surface area contributed by atoms with Crippen LogP contribution in [0.3, 0.4) is 0 Å². The Bertz CT molecular complexity index is 1050. The van der Waals surface area contributed by atoms with E-state index in [1.54, 1.807) is 17.0 Å². The molecule has 10 nitrogen and oxygen atoms in total. The number of benzene rings is 2. The third-order valence-electron chi connectivity index (χ3n) is 4.77. The number of carbonyl (C=O) groups excluding carboxylic acids is 1. The molecule has 1 aliphatic rings. The van der Waals surface area contributed by atoms with Gasteiger partial charge in [0.15, 0.2) is 0 Å². The van der Waals surface area contributed by atoms with Crippen LogP contribution >= 0.6 is 0 Å². The molecule has 2 aromatic rings. The van der Waals surface area contributed by atoms with Crippen molar-refractivity contribution < 1.29 is 22.9 Å². The van der Waals surface area contributed by atoms with Gasteiger partial charge in [0.25, 0.3) is 5.69 Å². The lowest BCUT2D eigenvalue weighted by Gasteiger charge is -2.35. The van der Waals surface area contributed by atoms with Crippen LogP contribution in [0.4, 0.5) is 17.1 Å². The lowest BCUT2D eigenvalue weighted by molar-refractivity contribution is -0.384. The number of rotatable bonds is 6. The topological polar surface area (TPSA) is 122 Å². The number of piperazine rings is 1. The van der Waals surface area contributed by atoms with E-state index < -0.39 is 14.9 Å². The second-order valence-corrected chi connectivity index (χ2v) is 8.65. The molecule has 1 heterocycles. The third-order valence-corrected chi connectivity index (χ3v) is 6.68. The van der Waals surface area contributed by atoms with E-state index in [4.69, 9.17) is 4.74 Å². The molecule has 1 aliphatic heterocycles. The minimum Gasteiger partial charge on any atom is -0.496 e. The van der Waals surface area contributed by atoms with Crippen molar-refractivity contribution in [1.82, 2.24) is 4.31 Å². The van der Waals surface area contributed by atoms with Gasteiger partial charge in [0.1, 0.15) is 11.4 Å². The van der Waals surface area contributed by atoms with Crippen LogP contribution in [0.2, 0.25) is 0 Å². The molecule has 0 spiro atoms. The number of nitrogens with one attached hydrogen (secondary N) is 1. The molecule has 0 aliphatic carbocycles. The van der Waals surface area contributed by atoms with Crippen molar-refractivity contribution in [3.63, 3.8) is 0 Å². The van der Waals surface area contributed by atoms with Crippen molar-refractivity contribution in [2.45, 2.75) is 11.8 Å². The van der Waals surface area contributed by atoms with Crippen LogP contribution in [-0.4, -0.2) is 56.8 Å². The summed E-state index contributed by atoms with van der Waals surface area (Å²) in [6, 6.07) is 10.6. The van der Waals surface area contributed by atoms with Gasteiger partial charge in [-0.15, -0.1) is 0 Å². The molecule has 0 unspecified atom stereocenters. The lowest BCUT2D eigenvalue weighted by Crippen LogP contribution is -2.48. The van der Waals surface area contributed by atoms with Gasteiger partial charge in [0.05, 0.1) is 23.0 Å². The zero-order valence-corrected chi connectivity index (χ0v) is 17.4. The highest BCUT2D eigenvalue weighted by Gasteiger charge is 2.30. The monoisotopic (exact) mass is 434 g/mol. The third kappa shape index (κ3) is 4.52. The lowest BCUT2D eigenvalue weighted by atomic mass is 10.2. The van der Waals surface area contributed by atoms with E-state index in [9.17, 15) is 23.3 Å². The van der Waals surface area contributed by atoms with Crippen LogP contribution in [0, 0.1) is 10.1 Å². The predicted molar refractivity (Wildman–Crippen MR) is 111 cm³/mol. The Morgan fingerprint density at radius 1 is 1.10 bits per heavy atom. The number of sulfonamides is 1. The molecule has 0 bridgehead atoms. The molecule has 0 aromatic heterocycles. The molecule has 160 valence electrons. The minimum absolute atomic E-state index is 0.0841. The zero-order valence-electron chi connectivity index (χ0n) is 16.6. The Labute approximate surface area is 174 Å². The summed E-state index contributed by atoms with van der Waals surface area (Å²) in [5.41, 5.74) is 0.856. The quantitative estimate of drug-likeness (QED) is 0.545. The average Bonchev–Trinajstić information content (AvgIpc) is 2.73. The molecule has 30 heavy (non-hydrogen) atoms. The minimum atomic E-state index is -3.71. The molecular formula is C19H22N4O6S. The van der Waals surface area contributed by atoms with Gasteiger partial charge in [-0.1, -0.05) is 0 Å². The van der Waals surface area contributed by atoms with Crippen LogP contribution in [0.25, 0.3) is 0 Å². The molecule has 1 amide bonds. The fourth-order valence-electron chi connectivity index (χ4n) is 3.28. The maximum atomic E-state index is 12.9. The van der Waals surface area contributed by atoms with Gasteiger partial charge in [-0.25, -0.2) is 8.42 Å². The number of nitro groups is 1. The largest absolute Gasteiger partial charge is 0.496 e. The summed E-state index contributed by atoms with van der Waals surface area (Å²) in [6.45, 7) is 2.39. The van der Waals surface area contributed by atoms with E-state index in [0.717, 1.165) is 0 Å². The standard InChI is InChI=1S/C19H22N4O6S/c1-14(24)20-15-3-6-17(7-4-15)30(27,28)22-11-9-21(10-12-22)18-8-5-16(29-2)13-19(18)23(25)26/h3-8,13H,9-12H2,1-2H3,(H,20,24). The molecule has 0 radical (unpaired) electrons. The van der Waals surface area contributed by atoms with E-state index in [0.29, 0.717) is 30.2 Å². The van der Waals surface area contributed by atoms with Crippen molar-refractivity contribution in [3.8, 4) is 5.75 Å². The number of methoxy groups -OCH3 is 1.